The summed E-state index contributed by atoms with van der Waals surface area (Å²) in [6, 6.07) is 9.67. The largest absolute Gasteiger partial charge is 0.478 e. The van der Waals surface area contributed by atoms with Crippen molar-refractivity contribution in [2.75, 3.05) is 13.7 Å². The van der Waals surface area contributed by atoms with E-state index in [9.17, 15) is 14.7 Å². The number of carbonyl (C=O) groups excluding carboxylic acids is 1. The number of rotatable bonds is 4. The van der Waals surface area contributed by atoms with Crippen molar-refractivity contribution in [1.82, 2.24) is 4.90 Å². The van der Waals surface area contributed by atoms with E-state index in [0.717, 1.165) is 0 Å². The van der Waals surface area contributed by atoms with Gasteiger partial charge >= 0.3 is 5.97 Å². The van der Waals surface area contributed by atoms with Crippen LogP contribution in [0.5, 0.6) is 0 Å². The number of aliphatic hydroxyl groups is 1. The second-order valence-electron chi connectivity index (χ2n) is 4.96. The number of carbonyl (C=O) groups is 2. The predicted molar refractivity (Wildman–Crippen MR) is 79.5 cm³/mol. The average Bonchev–Trinajstić information content (AvgIpc) is 2.51. The summed E-state index contributed by atoms with van der Waals surface area (Å²) in [5, 5.41) is 19.6. The zero-order valence-electron chi connectivity index (χ0n) is 11.9. The molecule has 0 aliphatic carbocycles. The SMILES string of the molecule is CC(CO)N(C)C(=O)c1cccc2cccc(C(=O)O)c12. The number of likely N-dealkylation sites (N-methyl/N-ethyl adjacent to an activating group) is 1. The maximum atomic E-state index is 12.6. The van der Waals surface area contributed by atoms with E-state index in [4.69, 9.17) is 5.11 Å². The molecular formula is C16H17NO4. The van der Waals surface area contributed by atoms with Crippen LogP contribution in [0.2, 0.25) is 0 Å². The van der Waals surface area contributed by atoms with Gasteiger partial charge in [-0.2, -0.15) is 0 Å². The Morgan fingerprint density at radius 2 is 1.71 bits per heavy atom. The van der Waals surface area contributed by atoms with Crippen LogP contribution in [-0.2, 0) is 0 Å². The molecule has 0 saturated carbocycles. The van der Waals surface area contributed by atoms with E-state index in [1.807, 2.05) is 0 Å². The number of hydrogen-bond acceptors (Lipinski definition) is 3. The molecule has 0 fully saturated rings. The Kier molecular flexibility index (Phi) is 4.23. The molecule has 0 spiro atoms. The van der Waals surface area contributed by atoms with E-state index in [0.29, 0.717) is 16.3 Å². The van der Waals surface area contributed by atoms with Gasteiger partial charge < -0.3 is 15.1 Å². The lowest BCUT2D eigenvalue weighted by molar-refractivity contribution is 0.0684. The van der Waals surface area contributed by atoms with Crippen molar-refractivity contribution >= 4 is 22.6 Å². The Bertz CT molecular complexity index is 690. The van der Waals surface area contributed by atoms with Gasteiger partial charge in [-0.3, -0.25) is 4.79 Å². The van der Waals surface area contributed by atoms with E-state index in [1.54, 1.807) is 44.3 Å². The number of fused-ring (bicyclic) bond motifs is 1. The Morgan fingerprint density at radius 1 is 1.14 bits per heavy atom. The lowest BCUT2D eigenvalue weighted by Gasteiger charge is -2.24. The van der Waals surface area contributed by atoms with Crippen molar-refractivity contribution in [3.63, 3.8) is 0 Å². The van der Waals surface area contributed by atoms with E-state index in [1.165, 1.54) is 11.0 Å². The number of amides is 1. The third-order valence-electron chi connectivity index (χ3n) is 3.61. The zero-order chi connectivity index (χ0) is 15.6. The molecule has 0 aliphatic rings. The first-order chi connectivity index (χ1) is 9.97. The van der Waals surface area contributed by atoms with Gasteiger partial charge in [0.15, 0.2) is 0 Å². The third kappa shape index (κ3) is 2.73. The summed E-state index contributed by atoms with van der Waals surface area (Å²) in [4.78, 5) is 25.4. The fourth-order valence-electron chi connectivity index (χ4n) is 2.21. The maximum Gasteiger partial charge on any atom is 0.336 e. The van der Waals surface area contributed by atoms with Crippen molar-refractivity contribution in [3.05, 3.63) is 47.5 Å². The first-order valence-electron chi connectivity index (χ1n) is 6.60. The molecule has 1 amide bonds. The highest BCUT2D eigenvalue weighted by Gasteiger charge is 2.21. The highest BCUT2D eigenvalue weighted by Crippen LogP contribution is 2.24. The molecule has 2 aromatic rings. The molecule has 110 valence electrons. The van der Waals surface area contributed by atoms with Crippen molar-refractivity contribution in [2.45, 2.75) is 13.0 Å². The van der Waals surface area contributed by atoms with Crippen LogP contribution in [0, 0.1) is 0 Å². The lowest BCUT2D eigenvalue weighted by atomic mass is 9.98. The summed E-state index contributed by atoms with van der Waals surface area (Å²) in [5.74, 6) is -1.38. The molecule has 0 radical (unpaired) electrons. The maximum absolute atomic E-state index is 12.6. The van der Waals surface area contributed by atoms with Crippen LogP contribution in [0.4, 0.5) is 0 Å². The van der Waals surface area contributed by atoms with E-state index < -0.39 is 5.97 Å². The Morgan fingerprint density at radius 3 is 2.24 bits per heavy atom. The Labute approximate surface area is 122 Å². The molecule has 2 rings (SSSR count). The van der Waals surface area contributed by atoms with Crippen molar-refractivity contribution in [3.8, 4) is 0 Å². The van der Waals surface area contributed by atoms with Crippen LogP contribution in [0.15, 0.2) is 36.4 Å². The quantitative estimate of drug-likeness (QED) is 0.901. The molecule has 0 heterocycles. The van der Waals surface area contributed by atoms with Gasteiger partial charge in [0, 0.05) is 18.0 Å². The molecule has 1 atom stereocenters. The van der Waals surface area contributed by atoms with Gasteiger partial charge in [0.1, 0.15) is 0 Å². The second kappa shape index (κ2) is 5.93. The molecule has 0 saturated heterocycles. The number of nitrogens with zero attached hydrogens (tertiary/aromatic N) is 1. The smallest absolute Gasteiger partial charge is 0.336 e. The fourth-order valence-corrected chi connectivity index (χ4v) is 2.21. The summed E-state index contributed by atoms with van der Waals surface area (Å²) >= 11 is 0. The molecular weight excluding hydrogens is 270 g/mol. The van der Waals surface area contributed by atoms with Gasteiger partial charge in [-0.1, -0.05) is 24.3 Å². The highest BCUT2D eigenvalue weighted by atomic mass is 16.4. The Hall–Kier alpha value is -2.40. The van der Waals surface area contributed by atoms with Gasteiger partial charge in [0.05, 0.1) is 18.2 Å². The Balaban J connectivity index is 2.64. The van der Waals surface area contributed by atoms with Gasteiger partial charge in [-0.15, -0.1) is 0 Å². The number of hydrogen-bond donors (Lipinski definition) is 2. The summed E-state index contributed by atoms with van der Waals surface area (Å²) in [7, 11) is 1.59. The van der Waals surface area contributed by atoms with Crippen LogP contribution in [0.25, 0.3) is 10.8 Å². The van der Waals surface area contributed by atoms with Crippen LogP contribution in [-0.4, -0.2) is 46.7 Å². The van der Waals surface area contributed by atoms with E-state index in [-0.39, 0.29) is 24.1 Å². The molecule has 0 bridgehead atoms. The number of aromatic carboxylic acids is 1. The summed E-state index contributed by atoms with van der Waals surface area (Å²) in [6.07, 6.45) is 0. The third-order valence-corrected chi connectivity index (χ3v) is 3.61. The standard InChI is InChI=1S/C16H17NO4/c1-10(9-18)17(2)15(19)12-7-3-5-11-6-4-8-13(14(11)12)16(20)21/h3-8,10,18H,9H2,1-2H3,(H,20,21). The normalized spacial score (nSPS) is 12.1. The molecule has 5 heteroatoms. The van der Waals surface area contributed by atoms with Crippen molar-refractivity contribution < 1.29 is 19.8 Å². The molecule has 2 aromatic carbocycles. The van der Waals surface area contributed by atoms with Gasteiger partial charge in [0.25, 0.3) is 5.91 Å². The van der Waals surface area contributed by atoms with Crippen LogP contribution in [0.3, 0.4) is 0 Å². The predicted octanol–water partition coefficient (Wildman–Crippen LogP) is 1.99. The number of benzene rings is 2. The van der Waals surface area contributed by atoms with E-state index in [2.05, 4.69) is 0 Å². The molecule has 2 N–H and O–H groups in total. The van der Waals surface area contributed by atoms with Gasteiger partial charge in [-0.05, 0) is 24.4 Å². The minimum atomic E-state index is -1.07. The number of aliphatic hydroxyl groups excluding tert-OH is 1. The average molecular weight is 287 g/mol. The summed E-state index contributed by atoms with van der Waals surface area (Å²) in [6.45, 7) is 1.57. The van der Waals surface area contributed by atoms with Crippen LogP contribution in [0.1, 0.15) is 27.6 Å². The minimum absolute atomic E-state index is 0.0986. The second-order valence-corrected chi connectivity index (χ2v) is 4.96. The van der Waals surface area contributed by atoms with E-state index >= 15 is 0 Å². The van der Waals surface area contributed by atoms with Gasteiger partial charge in [0.2, 0.25) is 0 Å². The highest BCUT2D eigenvalue weighted by molar-refractivity contribution is 6.14. The fraction of sp³-hybridized carbons (Fsp3) is 0.250. The summed E-state index contributed by atoms with van der Waals surface area (Å²) in [5.41, 5.74) is 0.426. The first-order valence-corrected chi connectivity index (χ1v) is 6.60. The molecule has 21 heavy (non-hydrogen) atoms. The summed E-state index contributed by atoms with van der Waals surface area (Å²) < 4.78 is 0. The van der Waals surface area contributed by atoms with Gasteiger partial charge in [-0.25, -0.2) is 4.79 Å². The van der Waals surface area contributed by atoms with Crippen molar-refractivity contribution in [1.29, 1.82) is 0 Å². The number of carboxylic acid groups (broad SMARTS) is 1. The molecule has 0 aromatic heterocycles. The monoisotopic (exact) mass is 287 g/mol. The molecule has 5 nitrogen and oxygen atoms in total. The topological polar surface area (TPSA) is 77.8 Å². The molecule has 1 unspecified atom stereocenters. The lowest BCUT2D eigenvalue weighted by Crippen LogP contribution is -2.37. The minimum Gasteiger partial charge on any atom is -0.478 e. The van der Waals surface area contributed by atoms with Crippen molar-refractivity contribution in [2.24, 2.45) is 0 Å². The number of carboxylic acids is 1. The van der Waals surface area contributed by atoms with Crippen LogP contribution < -0.4 is 0 Å². The molecule has 0 aliphatic heterocycles. The zero-order valence-corrected chi connectivity index (χ0v) is 11.9. The first kappa shape index (κ1) is 15.0. The van der Waals surface area contributed by atoms with Crippen LogP contribution >= 0.6 is 0 Å².